The third kappa shape index (κ3) is 3.50. The first kappa shape index (κ1) is 15.9. The number of hydrogen-bond donors (Lipinski definition) is 1. The molecule has 0 aliphatic heterocycles. The number of rotatable bonds is 6. The van der Waals surface area contributed by atoms with E-state index in [0.29, 0.717) is 11.6 Å². The predicted octanol–water partition coefficient (Wildman–Crippen LogP) is 1.28. The fourth-order valence-electron chi connectivity index (χ4n) is 2.76. The normalized spacial score (nSPS) is 15.9. The number of methoxy groups -OCH3 is 1. The summed E-state index contributed by atoms with van der Waals surface area (Å²) in [6, 6.07) is 6.49. The van der Waals surface area contributed by atoms with E-state index in [9.17, 15) is 8.42 Å². The van der Waals surface area contributed by atoms with Crippen molar-refractivity contribution in [3.63, 3.8) is 0 Å². The van der Waals surface area contributed by atoms with Crippen LogP contribution in [0.2, 0.25) is 0 Å². The lowest BCUT2D eigenvalue weighted by molar-refractivity contribution is 0.414. The third-order valence-electron chi connectivity index (χ3n) is 4.02. The molecule has 0 unspecified atom stereocenters. The lowest BCUT2D eigenvalue weighted by Crippen LogP contribution is -2.26. The van der Waals surface area contributed by atoms with Gasteiger partial charge >= 0.3 is 0 Å². The van der Waals surface area contributed by atoms with Gasteiger partial charge in [-0.05, 0) is 47.5 Å². The van der Waals surface area contributed by atoms with Crippen LogP contribution in [0.15, 0.2) is 29.2 Å². The molecule has 124 valence electrons. The fourth-order valence-corrected chi connectivity index (χ4v) is 3.74. The largest absolute Gasteiger partial charge is 0.497 e. The first-order valence-electron chi connectivity index (χ1n) is 7.50. The summed E-state index contributed by atoms with van der Waals surface area (Å²) in [5.41, 5.74) is 0. The van der Waals surface area contributed by atoms with Crippen molar-refractivity contribution < 1.29 is 13.2 Å². The van der Waals surface area contributed by atoms with Gasteiger partial charge in [-0.1, -0.05) is 12.8 Å². The van der Waals surface area contributed by atoms with E-state index >= 15 is 0 Å². The van der Waals surface area contributed by atoms with E-state index < -0.39 is 10.0 Å². The van der Waals surface area contributed by atoms with Crippen molar-refractivity contribution >= 4 is 10.0 Å². The highest BCUT2D eigenvalue weighted by atomic mass is 32.2. The molecule has 0 saturated heterocycles. The Labute approximate surface area is 134 Å². The van der Waals surface area contributed by atoms with Crippen LogP contribution in [0.5, 0.6) is 5.75 Å². The summed E-state index contributed by atoms with van der Waals surface area (Å²) >= 11 is 0. The zero-order chi connectivity index (χ0) is 16.3. The number of tetrazole rings is 1. The third-order valence-corrected chi connectivity index (χ3v) is 5.44. The zero-order valence-corrected chi connectivity index (χ0v) is 13.7. The van der Waals surface area contributed by atoms with Crippen molar-refractivity contribution in [3.05, 3.63) is 30.1 Å². The number of hydrogen-bond acceptors (Lipinski definition) is 6. The van der Waals surface area contributed by atoms with Crippen molar-refractivity contribution in [3.8, 4) is 5.75 Å². The molecule has 1 aromatic heterocycles. The maximum absolute atomic E-state index is 12.3. The van der Waals surface area contributed by atoms with Gasteiger partial charge in [0.1, 0.15) is 5.75 Å². The van der Waals surface area contributed by atoms with E-state index in [1.165, 1.54) is 19.2 Å². The molecule has 1 saturated carbocycles. The van der Waals surface area contributed by atoms with Crippen molar-refractivity contribution in [2.24, 2.45) is 0 Å². The van der Waals surface area contributed by atoms with Crippen LogP contribution in [0, 0.1) is 0 Å². The SMILES string of the molecule is COc1ccc(S(=O)(=O)NCc2nnnn2C2CCCC2)cc1. The average Bonchev–Trinajstić information content (AvgIpc) is 3.24. The number of nitrogens with zero attached hydrogens (tertiary/aromatic N) is 4. The quantitative estimate of drug-likeness (QED) is 0.852. The Bertz CT molecular complexity index is 751. The molecule has 1 fully saturated rings. The smallest absolute Gasteiger partial charge is 0.240 e. The number of ether oxygens (including phenoxy) is 1. The highest BCUT2D eigenvalue weighted by Gasteiger charge is 2.22. The van der Waals surface area contributed by atoms with Crippen LogP contribution in [-0.4, -0.2) is 35.7 Å². The predicted molar refractivity (Wildman–Crippen MR) is 82.3 cm³/mol. The Morgan fingerprint density at radius 2 is 1.96 bits per heavy atom. The molecular weight excluding hydrogens is 318 g/mol. The maximum atomic E-state index is 12.3. The van der Waals surface area contributed by atoms with Gasteiger partial charge in [-0.2, -0.15) is 0 Å². The van der Waals surface area contributed by atoms with E-state index in [4.69, 9.17) is 4.74 Å². The van der Waals surface area contributed by atoms with Gasteiger partial charge < -0.3 is 4.74 Å². The first-order chi connectivity index (χ1) is 11.1. The summed E-state index contributed by atoms with van der Waals surface area (Å²) in [4.78, 5) is 0.179. The fraction of sp³-hybridized carbons (Fsp3) is 0.500. The minimum Gasteiger partial charge on any atom is -0.497 e. The van der Waals surface area contributed by atoms with E-state index in [1.807, 2.05) is 0 Å². The van der Waals surface area contributed by atoms with Gasteiger partial charge in [-0.15, -0.1) is 5.10 Å². The molecule has 0 atom stereocenters. The molecule has 9 heteroatoms. The second-order valence-corrected chi connectivity index (χ2v) is 7.24. The molecular formula is C14H19N5O3S. The van der Waals surface area contributed by atoms with Gasteiger partial charge in [0.25, 0.3) is 0 Å². The van der Waals surface area contributed by atoms with E-state index in [1.54, 1.807) is 16.8 Å². The number of sulfonamides is 1. The van der Waals surface area contributed by atoms with Crippen LogP contribution in [0.25, 0.3) is 0 Å². The molecule has 0 spiro atoms. The summed E-state index contributed by atoms with van der Waals surface area (Å²) in [7, 11) is -2.08. The van der Waals surface area contributed by atoms with Gasteiger partial charge in [-0.25, -0.2) is 17.8 Å². The van der Waals surface area contributed by atoms with E-state index in [0.717, 1.165) is 25.7 Å². The Kier molecular flexibility index (Phi) is 4.58. The average molecular weight is 337 g/mol. The van der Waals surface area contributed by atoms with Gasteiger partial charge in [0, 0.05) is 0 Å². The summed E-state index contributed by atoms with van der Waals surface area (Å²) in [5.74, 6) is 1.14. The molecule has 1 N–H and O–H groups in total. The number of benzene rings is 1. The molecule has 0 amide bonds. The topological polar surface area (TPSA) is 99.0 Å². The number of aromatic nitrogens is 4. The minimum atomic E-state index is -3.62. The van der Waals surface area contributed by atoms with Crippen LogP contribution < -0.4 is 9.46 Å². The first-order valence-corrected chi connectivity index (χ1v) is 8.99. The lowest BCUT2D eigenvalue weighted by atomic mass is 10.2. The molecule has 8 nitrogen and oxygen atoms in total. The van der Waals surface area contributed by atoms with Crippen LogP contribution in [0.1, 0.15) is 37.5 Å². The summed E-state index contributed by atoms with van der Waals surface area (Å²) in [6.45, 7) is 0.0673. The highest BCUT2D eigenvalue weighted by molar-refractivity contribution is 7.89. The van der Waals surface area contributed by atoms with Crippen molar-refractivity contribution in [2.75, 3.05) is 7.11 Å². The maximum Gasteiger partial charge on any atom is 0.240 e. The molecule has 2 aromatic rings. The molecule has 23 heavy (non-hydrogen) atoms. The number of nitrogens with one attached hydrogen (secondary N) is 1. The molecule has 0 radical (unpaired) electrons. The second-order valence-electron chi connectivity index (χ2n) is 5.48. The van der Waals surface area contributed by atoms with E-state index in [-0.39, 0.29) is 17.5 Å². The lowest BCUT2D eigenvalue weighted by Gasteiger charge is -2.12. The Morgan fingerprint density at radius 1 is 1.26 bits per heavy atom. The van der Waals surface area contributed by atoms with Crippen LogP contribution in [0.3, 0.4) is 0 Å². The Morgan fingerprint density at radius 3 is 2.61 bits per heavy atom. The van der Waals surface area contributed by atoms with Crippen molar-refractivity contribution in [1.29, 1.82) is 0 Å². The van der Waals surface area contributed by atoms with Crippen molar-refractivity contribution in [1.82, 2.24) is 24.9 Å². The summed E-state index contributed by atoms with van der Waals surface area (Å²) in [5, 5.41) is 11.6. The standard InChI is InChI=1S/C14H19N5O3S/c1-22-12-6-8-13(9-7-12)23(20,21)15-10-14-16-17-18-19(14)11-4-2-3-5-11/h6-9,11,15H,2-5,10H2,1H3. The Hall–Kier alpha value is -2.00. The minimum absolute atomic E-state index is 0.0673. The van der Waals surface area contributed by atoms with Gasteiger partial charge in [-0.3, -0.25) is 0 Å². The van der Waals surface area contributed by atoms with E-state index in [2.05, 4.69) is 20.2 Å². The molecule has 1 aromatic carbocycles. The molecule has 1 heterocycles. The Balaban J connectivity index is 1.70. The molecule has 0 bridgehead atoms. The van der Waals surface area contributed by atoms with Gasteiger partial charge in [0.05, 0.1) is 24.6 Å². The zero-order valence-electron chi connectivity index (χ0n) is 12.8. The monoisotopic (exact) mass is 337 g/mol. The van der Waals surface area contributed by atoms with Gasteiger partial charge in [0.2, 0.25) is 10.0 Å². The van der Waals surface area contributed by atoms with Crippen molar-refractivity contribution in [2.45, 2.75) is 43.2 Å². The van der Waals surface area contributed by atoms with Crippen LogP contribution in [0.4, 0.5) is 0 Å². The summed E-state index contributed by atoms with van der Waals surface area (Å²) in [6.07, 6.45) is 4.37. The van der Waals surface area contributed by atoms with Crippen LogP contribution >= 0.6 is 0 Å². The highest BCUT2D eigenvalue weighted by Crippen LogP contribution is 2.29. The molecule has 3 rings (SSSR count). The second kappa shape index (κ2) is 6.63. The van der Waals surface area contributed by atoms with Crippen LogP contribution in [-0.2, 0) is 16.6 Å². The molecule has 1 aliphatic carbocycles. The molecule has 1 aliphatic rings. The van der Waals surface area contributed by atoms with Gasteiger partial charge in [0.15, 0.2) is 5.82 Å². The summed E-state index contributed by atoms with van der Waals surface area (Å²) < 4.78 is 34.0.